The number of aryl methyl sites for hydroxylation is 1. The molecule has 2 amide bonds. The standard InChI is InChI=1S/C20H16Cl2F3N5O2/c1-3-26-18(31)12-8-11(21)7-10(2)15(12)29-19(32)13-9-28-30(16(13)20(23,24)25)17-14(22)5-4-6-27-17/h4-9H,3H2,1-2H3,(H,26,31)(H,29,32). The number of carbonyl (C=O) groups excluding carboxylic acids is 2. The third kappa shape index (κ3) is 4.71. The number of aromatic nitrogens is 3. The van der Waals surface area contributed by atoms with Crippen molar-refractivity contribution in [1.82, 2.24) is 20.1 Å². The van der Waals surface area contributed by atoms with Crippen LogP contribution in [-0.4, -0.2) is 33.1 Å². The lowest BCUT2D eigenvalue weighted by Gasteiger charge is -2.16. The molecule has 0 saturated heterocycles. The number of hydrogen-bond acceptors (Lipinski definition) is 4. The highest BCUT2D eigenvalue weighted by molar-refractivity contribution is 6.32. The van der Waals surface area contributed by atoms with Crippen LogP contribution in [0.3, 0.4) is 0 Å². The summed E-state index contributed by atoms with van der Waals surface area (Å²) >= 11 is 12.0. The molecule has 7 nitrogen and oxygen atoms in total. The normalized spacial score (nSPS) is 11.3. The molecule has 3 rings (SSSR count). The highest BCUT2D eigenvalue weighted by atomic mass is 35.5. The Bertz CT molecular complexity index is 1190. The van der Waals surface area contributed by atoms with Gasteiger partial charge in [-0.1, -0.05) is 23.2 Å². The average Bonchev–Trinajstić information content (AvgIpc) is 3.16. The minimum Gasteiger partial charge on any atom is -0.352 e. The zero-order valence-corrected chi connectivity index (χ0v) is 18.2. The van der Waals surface area contributed by atoms with Crippen LogP contribution in [0.2, 0.25) is 10.0 Å². The first-order valence-electron chi connectivity index (χ1n) is 9.20. The maximum atomic E-state index is 13.9. The van der Waals surface area contributed by atoms with Crippen molar-refractivity contribution in [2.75, 3.05) is 11.9 Å². The SMILES string of the molecule is CCNC(=O)c1cc(Cl)cc(C)c1NC(=O)c1cnn(-c2ncccc2Cl)c1C(F)(F)F. The lowest BCUT2D eigenvalue weighted by Crippen LogP contribution is -2.26. The lowest BCUT2D eigenvalue weighted by molar-refractivity contribution is -0.143. The lowest BCUT2D eigenvalue weighted by atomic mass is 10.1. The fraction of sp³-hybridized carbons (Fsp3) is 0.200. The number of pyridine rings is 1. The maximum Gasteiger partial charge on any atom is 0.434 e. The average molecular weight is 486 g/mol. The Morgan fingerprint density at radius 3 is 2.50 bits per heavy atom. The van der Waals surface area contributed by atoms with E-state index in [1.165, 1.54) is 30.5 Å². The third-order valence-electron chi connectivity index (χ3n) is 4.34. The van der Waals surface area contributed by atoms with Gasteiger partial charge in [0.15, 0.2) is 11.5 Å². The minimum absolute atomic E-state index is 0.0129. The van der Waals surface area contributed by atoms with Gasteiger partial charge in [-0.05, 0) is 43.7 Å². The van der Waals surface area contributed by atoms with Gasteiger partial charge in [0.25, 0.3) is 11.8 Å². The molecule has 0 aliphatic rings. The van der Waals surface area contributed by atoms with E-state index in [-0.39, 0.29) is 27.1 Å². The van der Waals surface area contributed by atoms with E-state index in [1.807, 2.05) is 0 Å². The molecular formula is C20H16Cl2F3N5O2. The van der Waals surface area contributed by atoms with Crippen LogP contribution in [0.15, 0.2) is 36.7 Å². The molecule has 32 heavy (non-hydrogen) atoms. The van der Waals surface area contributed by atoms with Gasteiger partial charge in [0, 0.05) is 17.8 Å². The van der Waals surface area contributed by atoms with Gasteiger partial charge >= 0.3 is 6.18 Å². The van der Waals surface area contributed by atoms with Crippen molar-refractivity contribution in [3.8, 4) is 5.82 Å². The predicted molar refractivity (Wildman–Crippen MR) is 114 cm³/mol. The third-order valence-corrected chi connectivity index (χ3v) is 4.86. The van der Waals surface area contributed by atoms with Gasteiger partial charge in [-0.15, -0.1) is 0 Å². The fourth-order valence-electron chi connectivity index (χ4n) is 3.01. The summed E-state index contributed by atoms with van der Waals surface area (Å²) in [6.45, 7) is 3.56. The summed E-state index contributed by atoms with van der Waals surface area (Å²) in [5.41, 5.74) is -1.70. The van der Waals surface area contributed by atoms with Crippen molar-refractivity contribution in [3.05, 3.63) is 69.1 Å². The van der Waals surface area contributed by atoms with Crippen molar-refractivity contribution in [1.29, 1.82) is 0 Å². The van der Waals surface area contributed by atoms with Crippen LogP contribution in [0.25, 0.3) is 5.82 Å². The van der Waals surface area contributed by atoms with E-state index >= 15 is 0 Å². The maximum absolute atomic E-state index is 13.9. The second kappa shape index (κ2) is 9.17. The highest BCUT2D eigenvalue weighted by Gasteiger charge is 2.41. The first-order chi connectivity index (χ1) is 15.0. The van der Waals surface area contributed by atoms with Gasteiger partial charge in [0.05, 0.1) is 28.0 Å². The largest absolute Gasteiger partial charge is 0.434 e. The molecule has 12 heteroatoms. The Morgan fingerprint density at radius 2 is 1.88 bits per heavy atom. The van der Waals surface area contributed by atoms with Crippen molar-refractivity contribution in [3.63, 3.8) is 0 Å². The molecule has 0 atom stereocenters. The molecule has 0 spiro atoms. The molecule has 2 N–H and O–H groups in total. The summed E-state index contributed by atoms with van der Waals surface area (Å²) in [6.07, 6.45) is -2.94. The number of nitrogens with one attached hydrogen (secondary N) is 2. The zero-order chi connectivity index (χ0) is 23.6. The minimum atomic E-state index is -4.96. The number of anilines is 1. The molecule has 2 aromatic heterocycles. The molecule has 0 saturated carbocycles. The molecule has 0 fully saturated rings. The molecular weight excluding hydrogens is 470 g/mol. The van der Waals surface area contributed by atoms with Crippen LogP contribution < -0.4 is 10.6 Å². The molecule has 0 radical (unpaired) electrons. The van der Waals surface area contributed by atoms with Crippen LogP contribution in [0.4, 0.5) is 18.9 Å². The van der Waals surface area contributed by atoms with E-state index < -0.39 is 29.2 Å². The number of benzene rings is 1. The number of halogens is 5. The number of hydrogen-bond donors (Lipinski definition) is 2. The van der Waals surface area contributed by atoms with Gasteiger partial charge < -0.3 is 10.6 Å². The number of alkyl halides is 3. The molecule has 0 aliphatic carbocycles. The van der Waals surface area contributed by atoms with E-state index in [9.17, 15) is 22.8 Å². The van der Waals surface area contributed by atoms with Gasteiger partial charge in [0.1, 0.15) is 0 Å². The van der Waals surface area contributed by atoms with E-state index in [0.717, 1.165) is 6.20 Å². The first-order valence-corrected chi connectivity index (χ1v) is 9.96. The van der Waals surface area contributed by atoms with E-state index in [0.29, 0.717) is 16.8 Å². The number of nitrogens with zero attached hydrogens (tertiary/aromatic N) is 3. The first kappa shape index (κ1) is 23.6. The van der Waals surface area contributed by atoms with Crippen molar-refractivity contribution in [2.24, 2.45) is 0 Å². The van der Waals surface area contributed by atoms with Crippen LogP contribution >= 0.6 is 23.2 Å². The number of amides is 2. The Hall–Kier alpha value is -3.11. The summed E-state index contributed by atoms with van der Waals surface area (Å²) in [6, 6.07) is 5.59. The quantitative estimate of drug-likeness (QED) is 0.537. The van der Waals surface area contributed by atoms with Crippen molar-refractivity contribution >= 4 is 40.7 Å². The molecule has 168 valence electrons. The summed E-state index contributed by atoms with van der Waals surface area (Å²) in [5.74, 6) is -1.95. The van der Waals surface area contributed by atoms with Crippen LogP contribution in [0, 0.1) is 6.92 Å². The van der Waals surface area contributed by atoms with Crippen LogP contribution in [-0.2, 0) is 6.18 Å². The highest BCUT2D eigenvalue weighted by Crippen LogP contribution is 2.35. The Kier molecular flexibility index (Phi) is 6.75. The van der Waals surface area contributed by atoms with Gasteiger partial charge in [-0.3, -0.25) is 9.59 Å². The Balaban J connectivity index is 2.09. The smallest absolute Gasteiger partial charge is 0.352 e. The molecule has 0 aliphatic heterocycles. The van der Waals surface area contributed by atoms with E-state index in [4.69, 9.17) is 23.2 Å². The second-order valence-electron chi connectivity index (χ2n) is 6.58. The van der Waals surface area contributed by atoms with Gasteiger partial charge in [-0.25, -0.2) is 9.67 Å². The molecule has 3 aromatic rings. The second-order valence-corrected chi connectivity index (χ2v) is 7.43. The molecule has 1 aromatic carbocycles. The predicted octanol–water partition coefficient (Wildman–Crippen LogP) is 4.90. The summed E-state index contributed by atoms with van der Waals surface area (Å²) in [7, 11) is 0. The number of carbonyl (C=O) groups is 2. The molecule has 2 heterocycles. The van der Waals surface area contributed by atoms with E-state index in [2.05, 4.69) is 20.7 Å². The fourth-order valence-corrected chi connectivity index (χ4v) is 3.48. The van der Waals surface area contributed by atoms with Crippen LogP contribution in [0.5, 0.6) is 0 Å². The summed E-state index contributed by atoms with van der Waals surface area (Å²) in [5, 5.41) is 8.79. The topological polar surface area (TPSA) is 88.9 Å². The van der Waals surface area contributed by atoms with Crippen LogP contribution in [0.1, 0.15) is 38.9 Å². The monoisotopic (exact) mass is 485 g/mol. The summed E-state index contributed by atoms with van der Waals surface area (Å²) < 4.78 is 42.2. The van der Waals surface area contributed by atoms with Gasteiger partial charge in [0.2, 0.25) is 0 Å². The van der Waals surface area contributed by atoms with Gasteiger partial charge in [-0.2, -0.15) is 18.3 Å². The summed E-state index contributed by atoms with van der Waals surface area (Å²) in [4.78, 5) is 29.1. The molecule has 0 unspecified atom stereocenters. The Labute approximate surface area is 190 Å². The van der Waals surface area contributed by atoms with Crippen molar-refractivity contribution < 1.29 is 22.8 Å². The zero-order valence-electron chi connectivity index (χ0n) is 16.7. The van der Waals surface area contributed by atoms with Crippen molar-refractivity contribution in [2.45, 2.75) is 20.0 Å². The van der Waals surface area contributed by atoms with E-state index in [1.54, 1.807) is 13.8 Å². The number of rotatable bonds is 5. The molecule has 0 bridgehead atoms. The Morgan fingerprint density at radius 1 is 1.16 bits per heavy atom.